The molecule has 4 heteroatoms. The summed E-state index contributed by atoms with van der Waals surface area (Å²) in [6.45, 7) is 10.6. The van der Waals surface area contributed by atoms with Gasteiger partial charge in [-0.2, -0.15) is 25.3 Å². The first-order chi connectivity index (χ1) is 8.17. The van der Waals surface area contributed by atoms with Gasteiger partial charge < -0.3 is 10.6 Å². The Bertz CT molecular complexity index is 217. The highest BCUT2D eigenvalue weighted by Crippen LogP contribution is 2.21. The van der Waals surface area contributed by atoms with E-state index in [1.165, 1.54) is 25.7 Å². The van der Waals surface area contributed by atoms with Gasteiger partial charge in [-0.1, -0.05) is 12.8 Å². The Balaban J connectivity index is 2.42. The third kappa shape index (κ3) is 7.27. The van der Waals surface area contributed by atoms with Crippen molar-refractivity contribution in [3.63, 3.8) is 0 Å². The molecule has 2 N–H and O–H groups in total. The first kappa shape index (κ1) is 16.7. The lowest BCUT2D eigenvalue weighted by Gasteiger charge is -2.36. The Morgan fingerprint density at radius 3 is 1.44 bits per heavy atom. The van der Waals surface area contributed by atoms with Crippen molar-refractivity contribution in [2.75, 3.05) is 13.1 Å². The Kier molecular flexibility index (Phi) is 6.36. The Labute approximate surface area is 124 Å². The van der Waals surface area contributed by atoms with Gasteiger partial charge in [0.15, 0.2) is 0 Å². The summed E-state index contributed by atoms with van der Waals surface area (Å²) in [7, 11) is 0. The van der Waals surface area contributed by atoms with E-state index in [-0.39, 0.29) is 9.49 Å². The Morgan fingerprint density at radius 2 is 1.17 bits per heavy atom. The smallest absolute Gasteiger partial charge is 0.0221 e. The minimum atomic E-state index is 0.0603. The number of thiol groups is 2. The number of nitrogens with one attached hydrogen (secondary N) is 2. The molecule has 0 bridgehead atoms. The number of hydrogen-bond donors (Lipinski definition) is 4. The van der Waals surface area contributed by atoms with Gasteiger partial charge in [-0.3, -0.25) is 0 Å². The molecule has 0 aliphatic heterocycles. The predicted octanol–water partition coefficient (Wildman–Crippen LogP) is 2.89. The lowest BCUT2D eigenvalue weighted by atomic mass is 9.89. The summed E-state index contributed by atoms with van der Waals surface area (Å²) in [6, 6.07) is 1.17. The van der Waals surface area contributed by atoms with E-state index in [4.69, 9.17) is 0 Å². The van der Waals surface area contributed by atoms with Crippen LogP contribution in [0.4, 0.5) is 0 Å². The van der Waals surface area contributed by atoms with Gasteiger partial charge in [0.1, 0.15) is 0 Å². The molecule has 0 amide bonds. The molecular weight excluding hydrogens is 260 g/mol. The monoisotopic (exact) mass is 290 g/mol. The highest BCUT2D eigenvalue weighted by molar-refractivity contribution is 7.82. The van der Waals surface area contributed by atoms with Crippen molar-refractivity contribution in [3.8, 4) is 0 Å². The molecule has 1 fully saturated rings. The molecule has 1 rings (SSSR count). The molecule has 0 spiro atoms. The largest absolute Gasteiger partial charge is 0.311 e. The van der Waals surface area contributed by atoms with Crippen LogP contribution in [0.15, 0.2) is 0 Å². The van der Waals surface area contributed by atoms with Gasteiger partial charge in [0.2, 0.25) is 0 Å². The second kappa shape index (κ2) is 6.87. The van der Waals surface area contributed by atoms with Crippen molar-refractivity contribution in [1.29, 1.82) is 0 Å². The van der Waals surface area contributed by atoms with E-state index >= 15 is 0 Å². The molecule has 0 saturated heterocycles. The van der Waals surface area contributed by atoms with Crippen molar-refractivity contribution in [2.24, 2.45) is 0 Å². The van der Waals surface area contributed by atoms with Crippen LogP contribution in [0.2, 0.25) is 0 Å². The fraction of sp³-hybridized carbons (Fsp3) is 1.00. The number of hydrogen-bond acceptors (Lipinski definition) is 4. The molecule has 0 aromatic heterocycles. The lowest BCUT2D eigenvalue weighted by Crippen LogP contribution is -2.53. The van der Waals surface area contributed by atoms with Crippen LogP contribution >= 0.6 is 25.3 Å². The molecule has 0 aromatic rings. The van der Waals surface area contributed by atoms with Crippen LogP contribution in [-0.4, -0.2) is 34.7 Å². The Morgan fingerprint density at radius 1 is 0.833 bits per heavy atom. The molecule has 1 aliphatic carbocycles. The summed E-state index contributed by atoms with van der Waals surface area (Å²) < 4.78 is 0.121. The minimum absolute atomic E-state index is 0.0603. The van der Waals surface area contributed by atoms with Crippen molar-refractivity contribution < 1.29 is 0 Å². The van der Waals surface area contributed by atoms with Crippen LogP contribution in [0.5, 0.6) is 0 Å². The maximum absolute atomic E-state index is 4.59. The van der Waals surface area contributed by atoms with Crippen molar-refractivity contribution in [3.05, 3.63) is 0 Å². The zero-order chi connectivity index (χ0) is 13.8. The van der Waals surface area contributed by atoms with Crippen molar-refractivity contribution >= 4 is 25.3 Å². The highest BCUT2D eigenvalue weighted by Gasteiger charge is 2.27. The van der Waals surface area contributed by atoms with E-state index in [1.807, 2.05) is 0 Å². The zero-order valence-corrected chi connectivity index (χ0v) is 14.1. The summed E-state index contributed by atoms with van der Waals surface area (Å²) in [5.74, 6) is 0. The van der Waals surface area contributed by atoms with Crippen molar-refractivity contribution in [1.82, 2.24) is 10.6 Å². The third-order valence-corrected chi connectivity index (χ3v) is 3.68. The van der Waals surface area contributed by atoms with Gasteiger partial charge >= 0.3 is 0 Å². The summed E-state index contributed by atoms with van der Waals surface area (Å²) in [5.41, 5.74) is 0. The molecule has 0 aromatic carbocycles. The summed E-state index contributed by atoms with van der Waals surface area (Å²) in [5, 5.41) is 7.37. The van der Waals surface area contributed by atoms with Crippen LogP contribution in [-0.2, 0) is 0 Å². The molecule has 2 nitrogen and oxygen atoms in total. The first-order valence-corrected chi connectivity index (χ1v) is 7.98. The van der Waals surface area contributed by atoms with E-state index < -0.39 is 0 Å². The van der Waals surface area contributed by atoms with E-state index in [2.05, 4.69) is 63.6 Å². The van der Waals surface area contributed by atoms with Gasteiger partial charge in [0.25, 0.3) is 0 Å². The van der Waals surface area contributed by atoms with Crippen LogP contribution in [0, 0.1) is 0 Å². The molecule has 1 saturated carbocycles. The van der Waals surface area contributed by atoms with Gasteiger partial charge in [-0.25, -0.2) is 0 Å². The fourth-order valence-electron chi connectivity index (χ4n) is 2.38. The molecule has 108 valence electrons. The van der Waals surface area contributed by atoms with Crippen molar-refractivity contribution in [2.45, 2.75) is 75.0 Å². The summed E-state index contributed by atoms with van der Waals surface area (Å²) in [6.07, 6.45) is 5.23. The number of rotatable bonds is 6. The first-order valence-electron chi connectivity index (χ1n) is 7.09. The topological polar surface area (TPSA) is 24.1 Å². The molecule has 18 heavy (non-hydrogen) atoms. The maximum atomic E-state index is 4.59. The highest BCUT2D eigenvalue weighted by atomic mass is 32.1. The predicted molar refractivity (Wildman–Crippen MR) is 88.2 cm³/mol. The average molecular weight is 291 g/mol. The van der Waals surface area contributed by atoms with Gasteiger partial charge in [-0.15, -0.1) is 0 Å². The normalized spacial score (nSPS) is 26.3. The lowest BCUT2D eigenvalue weighted by molar-refractivity contribution is 0.276. The fourth-order valence-corrected chi connectivity index (χ4v) is 2.56. The van der Waals surface area contributed by atoms with Gasteiger partial charge in [-0.05, 0) is 40.5 Å². The van der Waals surface area contributed by atoms with E-state index in [0.717, 1.165) is 13.1 Å². The van der Waals surface area contributed by atoms with Crippen LogP contribution < -0.4 is 10.6 Å². The van der Waals surface area contributed by atoms with Crippen LogP contribution in [0.25, 0.3) is 0 Å². The minimum Gasteiger partial charge on any atom is -0.311 e. The second-order valence-electron chi connectivity index (χ2n) is 6.88. The SMILES string of the molecule is CC(C)(S)CN[C@@H]1CCCC[C@H]1NCC(C)(C)S. The standard InChI is InChI=1S/C14H30N2S2/c1-13(2,17)9-15-11-7-5-6-8-12(11)16-10-14(3,4)18/h11-12,15-18H,5-10H2,1-4H3/t11-,12-/m1/s1. The van der Waals surface area contributed by atoms with Gasteiger partial charge in [0.05, 0.1) is 0 Å². The molecule has 0 radical (unpaired) electrons. The molecular formula is C14H30N2S2. The van der Waals surface area contributed by atoms with Gasteiger partial charge in [0, 0.05) is 34.7 Å². The van der Waals surface area contributed by atoms with Crippen LogP contribution in [0.3, 0.4) is 0 Å². The molecule has 1 aliphatic rings. The van der Waals surface area contributed by atoms with E-state index in [9.17, 15) is 0 Å². The average Bonchev–Trinajstić information content (AvgIpc) is 2.22. The molecule has 0 heterocycles. The Hall–Kier alpha value is 0.620. The molecule has 0 unspecified atom stereocenters. The van der Waals surface area contributed by atoms with E-state index in [1.54, 1.807) is 0 Å². The zero-order valence-electron chi connectivity index (χ0n) is 12.3. The quantitative estimate of drug-likeness (QED) is 0.566. The summed E-state index contributed by atoms with van der Waals surface area (Å²) >= 11 is 9.17. The molecule has 2 atom stereocenters. The third-order valence-electron chi connectivity index (χ3n) is 3.36. The van der Waals surface area contributed by atoms with Crippen LogP contribution in [0.1, 0.15) is 53.4 Å². The maximum Gasteiger partial charge on any atom is 0.0221 e. The summed E-state index contributed by atoms with van der Waals surface area (Å²) in [4.78, 5) is 0. The second-order valence-corrected chi connectivity index (χ2v) is 9.31. The van der Waals surface area contributed by atoms with E-state index in [0.29, 0.717) is 12.1 Å².